The maximum Gasteiger partial charge on any atom is 0.384 e. The van der Waals surface area contributed by atoms with Crippen molar-refractivity contribution in [3.05, 3.63) is 0 Å². The Labute approximate surface area is 150 Å². The molecule has 0 aromatic rings. The van der Waals surface area contributed by atoms with E-state index >= 15 is 0 Å². The lowest BCUT2D eigenvalue weighted by Crippen LogP contribution is -2.71. The van der Waals surface area contributed by atoms with Crippen LogP contribution in [0.15, 0.2) is 0 Å². The smallest absolute Gasteiger partial charge is 0.241 e. The van der Waals surface area contributed by atoms with Gasteiger partial charge >= 0.3 is 35.5 Å². The fourth-order valence-electron chi connectivity index (χ4n) is 1.69. The Morgan fingerprint density at radius 3 is 1.33 bits per heavy atom. The Balaban J connectivity index is 6.20. The van der Waals surface area contributed by atoms with Crippen LogP contribution in [0.1, 0.15) is 13.3 Å². The quantitative estimate of drug-likeness (QED) is 0.194. The molecule has 0 fully saturated rings. The maximum absolute atomic E-state index is 13.5. The summed E-state index contributed by atoms with van der Waals surface area (Å²) in [5, 5.41) is 0. The van der Waals surface area contributed by atoms with E-state index in [1.54, 1.807) is 0 Å². The minimum Gasteiger partial charge on any atom is -0.241 e. The van der Waals surface area contributed by atoms with Gasteiger partial charge in [0.05, 0.1) is 0 Å². The molecule has 0 aromatic heterocycles. The molecule has 0 aliphatic rings. The summed E-state index contributed by atoms with van der Waals surface area (Å²) in [6.45, 7) is 1.78. The van der Waals surface area contributed by atoms with Crippen LogP contribution in [0.25, 0.3) is 0 Å². The predicted molar refractivity (Wildman–Crippen MR) is 73.0 cm³/mol. The second kappa shape index (κ2) is 7.13. The molecule has 0 saturated heterocycles. The van der Waals surface area contributed by atoms with Crippen molar-refractivity contribution in [1.82, 2.24) is 0 Å². The van der Waals surface area contributed by atoms with Crippen molar-refractivity contribution >= 4 is 18.5 Å². The number of rotatable bonds is 9. The summed E-state index contributed by atoms with van der Waals surface area (Å²) < 4.78 is 172. The Morgan fingerprint density at radius 1 is 0.704 bits per heavy atom. The van der Waals surface area contributed by atoms with Crippen LogP contribution in [-0.2, 0) is 0 Å². The highest BCUT2D eigenvalue weighted by atomic mass is 35.6. The second-order valence-electron chi connectivity index (χ2n) is 6.46. The van der Waals surface area contributed by atoms with Crippen molar-refractivity contribution in [3.63, 3.8) is 0 Å². The molecule has 0 aliphatic heterocycles. The van der Waals surface area contributed by atoms with Crippen LogP contribution in [0.2, 0.25) is 19.1 Å². The van der Waals surface area contributed by atoms with Gasteiger partial charge in [0.25, 0.3) is 0 Å². The number of hydrogen-bond donors (Lipinski definition) is 0. The molecule has 0 spiro atoms. The van der Waals surface area contributed by atoms with Gasteiger partial charge in [0.1, 0.15) is 0 Å². The van der Waals surface area contributed by atoms with E-state index in [0.717, 1.165) is 13.1 Å². The highest BCUT2D eigenvalue weighted by Gasteiger charge is 2.90. The Bertz CT molecular complexity index is 524. The molecule has 0 bridgehead atoms. The van der Waals surface area contributed by atoms with Gasteiger partial charge in [-0.3, -0.25) is 0 Å². The van der Waals surface area contributed by atoms with Gasteiger partial charge in [0, 0.05) is 6.42 Å². The molecule has 0 saturated carbocycles. The molecule has 1 unspecified atom stereocenters. The summed E-state index contributed by atoms with van der Waals surface area (Å²) in [5.41, 5.74) is 0. The van der Waals surface area contributed by atoms with Gasteiger partial charge in [0.2, 0.25) is 0 Å². The number of hydrogen-bond acceptors (Lipinski definition) is 0. The van der Waals surface area contributed by atoms with Crippen LogP contribution >= 0.6 is 11.1 Å². The van der Waals surface area contributed by atoms with E-state index in [0.29, 0.717) is 0 Å². The summed E-state index contributed by atoms with van der Waals surface area (Å²) in [5.74, 6) is -42.6. The molecule has 164 valence electrons. The number of halogens is 14. The van der Waals surface area contributed by atoms with E-state index in [9.17, 15) is 57.1 Å². The SMILES string of the molecule is CC(F)C(F)(F)C(F)(F)C(F)(F)C(F)(F)C(F)(F)C(F)(F)CC[Si](C)(C)Cl. The zero-order valence-corrected chi connectivity index (χ0v) is 15.5. The van der Waals surface area contributed by atoms with Gasteiger partial charge < -0.3 is 0 Å². The first-order valence-electron chi connectivity index (χ1n) is 7.00. The molecular formula is C12H14ClF13Si. The van der Waals surface area contributed by atoms with Crippen molar-refractivity contribution in [3.8, 4) is 0 Å². The summed E-state index contributed by atoms with van der Waals surface area (Å²) in [7, 11) is -3.12. The Kier molecular flexibility index (Phi) is 7.03. The first kappa shape index (κ1) is 26.6. The van der Waals surface area contributed by atoms with E-state index in [4.69, 9.17) is 11.1 Å². The fourth-order valence-corrected chi connectivity index (χ4v) is 2.89. The highest BCUT2D eigenvalue weighted by molar-refractivity contribution is 7.19. The molecule has 0 aromatic carbocycles. The third-order valence-electron chi connectivity index (χ3n) is 3.59. The Hall–Kier alpha value is -0.403. The van der Waals surface area contributed by atoms with E-state index in [-0.39, 0.29) is 0 Å². The summed E-state index contributed by atoms with van der Waals surface area (Å²) in [6, 6.07) is -1.02. The molecule has 1 atom stereocenters. The van der Waals surface area contributed by atoms with Crippen molar-refractivity contribution < 1.29 is 57.1 Å². The summed E-state index contributed by atoms with van der Waals surface area (Å²) in [6.07, 6.45) is -6.39. The molecule has 0 N–H and O–H groups in total. The lowest BCUT2D eigenvalue weighted by Gasteiger charge is -2.41. The van der Waals surface area contributed by atoms with Crippen molar-refractivity contribution in [2.24, 2.45) is 0 Å². The van der Waals surface area contributed by atoms with Crippen LogP contribution < -0.4 is 0 Å². The predicted octanol–water partition coefficient (Wildman–Crippen LogP) is 6.99. The lowest BCUT2D eigenvalue weighted by atomic mass is 9.89. The standard InChI is InChI=1S/C12H14ClF13Si/c1-6(14)8(17,18)10(21,22)12(25,26)11(23,24)9(19,20)7(15,16)4-5-27(2,3)13/h6H,4-5H2,1-3H3. The normalized spacial score (nSPS) is 17.2. The van der Waals surface area contributed by atoms with Crippen molar-refractivity contribution in [2.45, 2.75) is 74.2 Å². The minimum absolute atomic E-state index is 0.429. The van der Waals surface area contributed by atoms with Crippen LogP contribution in [0.5, 0.6) is 0 Å². The van der Waals surface area contributed by atoms with E-state index in [1.807, 2.05) is 0 Å². The molecule has 0 aliphatic carbocycles. The average Bonchev–Trinajstić information content (AvgIpc) is 2.43. The van der Waals surface area contributed by atoms with Crippen molar-refractivity contribution in [2.75, 3.05) is 0 Å². The molecular weight excluding hydrogens is 455 g/mol. The Morgan fingerprint density at radius 2 is 1.04 bits per heavy atom. The van der Waals surface area contributed by atoms with Gasteiger partial charge in [-0.2, -0.15) is 63.8 Å². The monoisotopic (exact) mass is 468 g/mol. The lowest BCUT2D eigenvalue weighted by molar-refractivity contribution is -0.428. The molecule has 27 heavy (non-hydrogen) atoms. The fraction of sp³-hybridized carbons (Fsp3) is 1.00. The van der Waals surface area contributed by atoms with Gasteiger partial charge in [-0.25, -0.2) is 4.39 Å². The average molecular weight is 469 g/mol. The third-order valence-corrected chi connectivity index (χ3v) is 5.60. The van der Waals surface area contributed by atoms with Gasteiger partial charge in [-0.1, -0.05) is 13.1 Å². The van der Waals surface area contributed by atoms with Crippen LogP contribution in [0.3, 0.4) is 0 Å². The first-order chi connectivity index (χ1) is 11.4. The minimum atomic E-state index is -7.73. The summed E-state index contributed by atoms with van der Waals surface area (Å²) in [4.78, 5) is 0. The van der Waals surface area contributed by atoms with E-state index in [1.165, 1.54) is 0 Å². The first-order valence-corrected chi connectivity index (χ1v) is 11.2. The summed E-state index contributed by atoms with van der Waals surface area (Å²) >= 11 is 5.52. The van der Waals surface area contributed by atoms with Gasteiger partial charge in [-0.15, -0.1) is 0 Å². The largest absolute Gasteiger partial charge is 0.384 e. The van der Waals surface area contributed by atoms with Crippen molar-refractivity contribution in [1.29, 1.82) is 0 Å². The van der Waals surface area contributed by atoms with Gasteiger partial charge in [-0.05, 0) is 13.0 Å². The molecule has 0 radical (unpaired) electrons. The zero-order valence-electron chi connectivity index (χ0n) is 13.8. The van der Waals surface area contributed by atoms with E-state index in [2.05, 4.69) is 0 Å². The van der Waals surface area contributed by atoms with Crippen LogP contribution in [0, 0.1) is 0 Å². The second-order valence-corrected chi connectivity index (χ2v) is 13.5. The zero-order chi connectivity index (χ0) is 22.5. The topological polar surface area (TPSA) is 0 Å². The molecule has 15 heteroatoms. The molecule has 0 amide bonds. The number of alkyl halides is 13. The highest BCUT2D eigenvalue weighted by Crippen LogP contribution is 2.61. The third kappa shape index (κ3) is 4.30. The van der Waals surface area contributed by atoms with Crippen LogP contribution in [0.4, 0.5) is 57.1 Å². The van der Waals surface area contributed by atoms with Gasteiger partial charge in [0.15, 0.2) is 13.6 Å². The molecule has 0 rings (SSSR count). The molecule has 0 heterocycles. The van der Waals surface area contributed by atoms with E-state index < -0.39 is 68.5 Å². The molecule has 0 nitrogen and oxygen atoms in total. The maximum atomic E-state index is 13.5. The van der Waals surface area contributed by atoms with Crippen LogP contribution in [-0.4, -0.2) is 49.1 Å².